The van der Waals surface area contributed by atoms with Gasteiger partial charge in [-0.3, -0.25) is 0 Å². The number of halogens is 2. The molecule has 144 valence electrons. The normalized spacial score (nSPS) is 12.8. The fourth-order valence-electron chi connectivity index (χ4n) is 3.24. The maximum absolute atomic E-state index is 6.34. The first kappa shape index (κ1) is 19.4. The number of aromatic nitrogens is 4. The summed E-state index contributed by atoms with van der Waals surface area (Å²) in [5, 5.41) is 15.4. The summed E-state index contributed by atoms with van der Waals surface area (Å²) in [5.74, 6) is 1.55. The summed E-state index contributed by atoms with van der Waals surface area (Å²) in [7, 11) is 0. The van der Waals surface area contributed by atoms with Crippen LogP contribution in [0.15, 0.2) is 42.5 Å². The van der Waals surface area contributed by atoms with Gasteiger partial charge in [0.2, 0.25) is 4.96 Å². The highest BCUT2D eigenvalue weighted by Gasteiger charge is 2.20. The smallest absolute Gasteiger partial charge is 0.186 e. The highest BCUT2D eigenvalue weighted by Crippen LogP contribution is 2.34. The van der Waals surface area contributed by atoms with Crippen LogP contribution in [0, 0.1) is 5.92 Å². The molecular weight excluding hydrogens is 411 g/mol. The Balaban J connectivity index is 1.66. The molecule has 4 aromatic rings. The van der Waals surface area contributed by atoms with Crippen LogP contribution in [0.2, 0.25) is 10.0 Å². The molecule has 1 atom stereocenters. The molecule has 28 heavy (non-hydrogen) atoms. The minimum atomic E-state index is 0.0822. The van der Waals surface area contributed by atoms with Gasteiger partial charge >= 0.3 is 0 Å². The Kier molecular flexibility index (Phi) is 5.41. The van der Waals surface area contributed by atoms with Crippen molar-refractivity contribution < 1.29 is 0 Å². The van der Waals surface area contributed by atoms with Crippen molar-refractivity contribution in [1.82, 2.24) is 19.8 Å². The first-order valence-corrected chi connectivity index (χ1v) is 10.8. The van der Waals surface area contributed by atoms with Crippen LogP contribution in [0.3, 0.4) is 0 Å². The first-order valence-electron chi connectivity index (χ1n) is 9.18. The van der Waals surface area contributed by atoms with Crippen LogP contribution in [-0.2, 0) is 6.42 Å². The maximum atomic E-state index is 6.34. The highest BCUT2D eigenvalue weighted by atomic mass is 35.5. The summed E-state index contributed by atoms with van der Waals surface area (Å²) < 4.78 is 1.82. The average molecular weight is 431 g/mol. The Bertz CT molecular complexity index is 1120. The molecule has 0 aliphatic rings. The minimum Gasteiger partial charge on any atom is -0.186 e. The number of fused-ring (bicyclic) bond motifs is 1. The quantitative estimate of drug-likeness (QED) is 0.362. The van der Waals surface area contributed by atoms with Crippen LogP contribution >= 0.6 is 34.5 Å². The van der Waals surface area contributed by atoms with E-state index >= 15 is 0 Å². The van der Waals surface area contributed by atoms with E-state index in [-0.39, 0.29) is 5.92 Å². The van der Waals surface area contributed by atoms with Crippen LogP contribution in [0.1, 0.15) is 43.6 Å². The van der Waals surface area contributed by atoms with Gasteiger partial charge in [-0.15, -0.1) is 10.2 Å². The highest BCUT2D eigenvalue weighted by molar-refractivity contribution is 7.19. The summed E-state index contributed by atoms with van der Waals surface area (Å²) in [6.07, 6.45) is 1.08. The first-order chi connectivity index (χ1) is 13.4. The Morgan fingerprint density at radius 3 is 2.43 bits per heavy atom. The molecule has 4 rings (SSSR count). The van der Waals surface area contributed by atoms with Crippen LogP contribution in [0.5, 0.6) is 0 Å². The molecule has 0 aliphatic carbocycles. The summed E-state index contributed by atoms with van der Waals surface area (Å²) in [4.78, 5) is 0.749. The average Bonchev–Trinajstić information content (AvgIpc) is 3.22. The van der Waals surface area contributed by atoms with Gasteiger partial charge in [0, 0.05) is 16.5 Å². The van der Waals surface area contributed by atoms with Crippen molar-refractivity contribution >= 4 is 39.5 Å². The summed E-state index contributed by atoms with van der Waals surface area (Å²) in [5.41, 5.74) is 3.39. The van der Waals surface area contributed by atoms with Crippen molar-refractivity contribution in [3.8, 4) is 10.6 Å². The molecule has 2 heterocycles. The topological polar surface area (TPSA) is 43.1 Å². The molecule has 0 saturated heterocycles. The zero-order chi connectivity index (χ0) is 19.8. The predicted octanol–water partition coefficient (Wildman–Crippen LogP) is 6.51. The molecule has 1 unspecified atom stereocenters. The minimum absolute atomic E-state index is 0.0822. The molecule has 2 aromatic carbocycles. The van der Waals surface area contributed by atoms with Gasteiger partial charge in [-0.05, 0) is 41.7 Å². The van der Waals surface area contributed by atoms with Crippen LogP contribution in [0.25, 0.3) is 15.5 Å². The van der Waals surface area contributed by atoms with Gasteiger partial charge in [-0.2, -0.15) is 9.61 Å². The van der Waals surface area contributed by atoms with Gasteiger partial charge in [0.05, 0.1) is 5.02 Å². The number of rotatable bonds is 5. The predicted molar refractivity (Wildman–Crippen MR) is 117 cm³/mol. The summed E-state index contributed by atoms with van der Waals surface area (Å²) in [6.45, 7) is 6.59. The van der Waals surface area contributed by atoms with Crippen LogP contribution in [0.4, 0.5) is 0 Å². The molecule has 0 bridgehead atoms. The van der Waals surface area contributed by atoms with Crippen LogP contribution in [-0.4, -0.2) is 19.8 Å². The van der Waals surface area contributed by atoms with Crippen molar-refractivity contribution in [1.29, 1.82) is 0 Å². The van der Waals surface area contributed by atoms with E-state index in [1.807, 2.05) is 16.6 Å². The second kappa shape index (κ2) is 7.82. The Hall–Kier alpha value is -1.95. The van der Waals surface area contributed by atoms with E-state index in [9.17, 15) is 0 Å². The maximum Gasteiger partial charge on any atom is 0.235 e. The van der Waals surface area contributed by atoms with Gasteiger partial charge in [0.15, 0.2) is 5.82 Å². The third-order valence-corrected chi connectivity index (χ3v) is 6.17. The van der Waals surface area contributed by atoms with E-state index in [0.717, 1.165) is 27.8 Å². The number of hydrogen-bond donors (Lipinski definition) is 0. The fraction of sp³-hybridized carbons (Fsp3) is 0.286. The van der Waals surface area contributed by atoms with E-state index in [4.69, 9.17) is 28.3 Å². The van der Waals surface area contributed by atoms with E-state index < -0.39 is 0 Å². The zero-order valence-corrected chi connectivity index (χ0v) is 18.2. The Labute approximate surface area is 178 Å². The lowest BCUT2D eigenvalue weighted by molar-refractivity contribution is 0.647. The summed E-state index contributed by atoms with van der Waals surface area (Å²) in [6, 6.07) is 14.2. The molecule has 4 nitrogen and oxygen atoms in total. The molecule has 0 spiro atoms. The second-order valence-corrected chi connectivity index (χ2v) is 9.14. The zero-order valence-electron chi connectivity index (χ0n) is 15.9. The van der Waals surface area contributed by atoms with Gasteiger partial charge in [0.1, 0.15) is 5.01 Å². The lowest BCUT2D eigenvalue weighted by Gasteiger charge is -2.11. The standard InChI is InChI=1S/C21H20Cl2N4S/c1-12(2)10-14-4-6-15(7-5-14)13(3)19-24-25-21-27(19)26-20(28-21)17-9-8-16(22)11-18(17)23/h4-9,11-13H,10H2,1-3H3. The van der Waals surface area contributed by atoms with E-state index in [2.05, 4.69) is 55.2 Å². The lowest BCUT2D eigenvalue weighted by atomic mass is 9.96. The van der Waals surface area contributed by atoms with Gasteiger partial charge in [-0.1, -0.05) is 79.6 Å². The van der Waals surface area contributed by atoms with Crippen molar-refractivity contribution in [3.63, 3.8) is 0 Å². The lowest BCUT2D eigenvalue weighted by Crippen LogP contribution is -2.04. The number of hydrogen-bond acceptors (Lipinski definition) is 4. The van der Waals surface area contributed by atoms with Gasteiger partial charge < -0.3 is 0 Å². The molecule has 2 aromatic heterocycles. The largest absolute Gasteiger partial charge is 0.235 e. The Morgan fingerprint density at radius 2 is 1.75 bits per heavy atom. The van der Waals surface area contributed by atoms with Crippen LogP contribution < -0.4 is 0 Å². The monoisotopic (exact) mass is 430 g/mol. The molecule has 0 radical (unpaired) electrons. The molecule has 0 fully saturated rings. The summed E-state index contributed by atoms with van der Waals surface area (Å²) >= 11 is 13.8. The molecule has 7 heteroatoms. The van der Waals surface area contributed by atoms with Crippen molar-refractivity contribution in [2.24, 2.45) is 5.92 Å². The fourth-order valence-corrected chi connectivity index (χ4v) is 4.68. The molecule has 0 amide bonds. The van der Waals surface area contributed by atoms with Crippen molar-refractivity contribution in [2.75, 3.05) is 0 Å². The van der Waals surface area contributed by atoms with Crippen molar-refractivity contribution in [2.45, 2.75) is 33.1 Å². The van der Waals surface area contributed by atoms with Crippen molar-refractivity contribution in [3.05, 3.63) is 69.5 Å². The molecular formula is C21H20Cl2N4S. The third-order valence-electron chi connectivity index (χ3n) is 4.69. The van der Waals surface area contributed by atoms with Gasteiger partial charge in [-0.25, -0.2) is 0 Å². The molecule has 0 aliphatic heterocycles. The number of benzene rings is 2. The van der Waals surface area contributed by atoms with E-state index in [1.54, 1.807) is 6.07 Å². The van der Waals surface area contributed by atoms with Gasteiger partial charge in [0.25, 0.3) is 0 Å². The van der Waals surface area contributed by atoms with E-state index in [0.29, 0.717) is 16.0 Å². The number of nitrogens with zero attached hydrogens (tertiary/aromatic N) is 4. The Morgan fingerprint density at radius 1 is 1.00 bits per heavy atom. The third kappa shape index (κ3) is 3.79. The molecule has 0 saturated carbocycles. The van der Waals surface area contributed by atoms with E-state index in [1.165, 1.54) is 22.5 Å². The second-order valence-electron chi connectivity index (χ2n) is 7.35. The molecule has 0 N–H and O–H groups in total. The SMILES string of the molecule is CC(C)Cc1ccc(C(C)c2nnc3sc(-c4ccc(Cl)cc4Cl)nn23)cc1.